The monoisotopic (exact) mass is 282 g/mol. The minimum absolute atomic E-state index is 0.480. The topological polar surface area (TPSA) is 57.5 Å². The molecule has 2 rings (SSSR count). The van der Waals surface area contributed by atoms with Crippen LogP contribution in [0.2, 0.25) is 0 Å². The fraction of sp³-hybridized carbons (Fsp3) is 0.941. The maximum Gasteiger partial charge on any atom is 0.309 e. The predicted octanol–water partition coefficient (Wildman–Crippen LogP) is 4.13. The molecule has 2 saturated carbocycles. The summed E-state index contributed by atoms with van der Waals surface area (Å²) in [6.07, 6.45) is 11.3. The Balaban J connectivity index is 2.02. The van der Waals surface area contributed by atoms with Gasteiger partial charge in [0.15, 0.2) is 0 Å². The highest BCUT2D eigenvalue weighted by atomic mass is 16.4. The molecule has 0 atom stereocenters. The smallest absolute Gasteiger partial charge is 0.309 e. The second-order valence-corrected chi connectivity index (χ2v) is 7.28. The van der Waals surface area contributed by atoms with Gasteiger partial charge in [0.25, 0.3) is 0 Å². The van der Waals surface area contributed by atoms with E-state index >= 15 is 0 Å². The molecule has 0 unspecified atom stereocenters. The van der Waals surface area contributed by atoms with Crippen molar-refractivity contribution < 1.29 is 15.0 Å². The molecule has 0 spiro atoms. The Morgan fingerprint density at radius 1 is 1.10 bits per heavy atom. The second kappa shape index (κ2) is 6.46. The van der Waals surface area contributed by atoms with Crippen molar-refractivity contribution >= 4 is 5.97 Å². The van der Waals surface area contributed by atoms with Crippen LogP contribution in [0, 0.1) is 11.3 Å². The molecule has 116 valence electrons. The van der Waals surface area contributed by atoms with E-state index in [2.05, 4.69) is 6.92 Å². The number of carboxylic acid groups (broad SMARTS) is 1. The van der Waals surface area contributed by atoms with Crippen molar-refractivity contribution in [2.45, 2.75) is 89.6 Å². The number of carbonyl (C=O) groups is 1. The molecule has 0 saturated heterocycles. The first-order valence-corrected chi connectivity index (χ1v) is 8.45. The Kier molecular flexibility index (Phi) is 5.11. The molecule has 2 aliphatic rings. The zero-order chi connectivity index (χ0) is 14.6. The summed E-state index contributed by atoms with van der Waals surface area (Å²) >= 11 is 0. The molecule has 2 fully saturated rings. The van der Waals surface area contributed by atoms with Crippen LogP contribution in [0.25, 0.3) is 0 Å². The molecule has 0 aromatic carbocycles. The lowest BCUT2D eigenvalue weighted by atomic mass is 9.63. The minimum atomic E-state index is -0.714. The van der Waals surface area contributed by atoms with Gasteiger partial charge in [0.05, 0.1) is 11.0 Å². The Hall–Kier alpha value is -0.570. The Morgan fingerprint density at radius 3 is 2.20 bits per heavy atom. The summed E-state index contributed by atoms with van der Waals surface area (Å²) in [4.78, 5) is 11.8. The molecule has 0 aromatic heterocycles. The Labute approximate surface area is 122 Å². The third-order valence-electron chi connectivity index (χ3n) is 5.66. The highest BCUT2D eigenvalue weighted by Gasteiger charge is 2.47. The number of carboxylic acids is 1. The van der Waals surface area contributed by atoms with Gasteiger partial charge in [-0.2, -0.15) is 0 Å². The number of hydrogen-bond donors (Lipinski definition) is 2. The van der Waals surface area contributed by atoms with Crippen LogP contribution in [0.1, 0.15) is 84.0 Å². The average molecular weight is 282 g/mol. The van der Waals surface area contributed by atoms with E-state index < -0.39 is 17.0 Å². The first kappa shape index (κ1) is 15.8. The van der Waals surface area contributed by atoms with Gasteiger partial charge in [0.2, 0.25) is 0 Å². The molecular weight excluding hydrogens is 252 g/mol. The number of aliphatic carboxylic acids is 1. The van der Waals surface area contributed by atoms with Crippen molar-refractivity contribution in [3.63, 3.8) is 0 Å². The fourth-order valence-electron chi connectivity index (χ4n) is 4.41. The van der Waals surface area contributed by atoms with Crippen molar-refractivity contribution in [2.75, 3.05) is 0 Å². The van der Waals surface area contributed by atoms with Crippen molar-refractivity contribution in [2.24, 2.45) is 11.3 Å². The minimum Gasteiger partial charge on any atom is -0.481 e. The van der Waals surface area contributed by atoms with Gasteiger partial charge in [0.1, 0.15) is 0 Å². The van der Waals surface area contributed by atoms with Crippen LogP contribution in [-0.2, 0) is 4.79 Å². The lowest BCUT2D eigenvalue weighted by Crippen LogP contribution is -2.44. The van der Waals surface area contributed by atoms with E-state index in [1.165, 1.54) is 19.3 Å². The summed E-state index contributed by atoms with van der Waals surface area (Å²) in [5, 5.41) is 20.5. The van der Waals surface area contributed by atoms with E-state index in [0.717, 1.165) is 51.4 Å². The number of rotatable bonds is 5. The summed E-state index contributed by atoms with van der Waals surface area (Å²) in [5.41, 5.74) is -1.37. The molecular formula is C17H30O3. The van der Waals surface area contributed by atoms with Gasteiger partial charge in [-0.25, -0.2) is 0 Å². The van der Waals surface area contributed by atoms with Crippen LogP contribution in [0.3, 0.4) is 0 Å². The van der Waals surface area contributed by atoms with E-state index in [-0.39, 0.29) is 0 Å². The van der Waals surface area contributed by atoms with E-state index in [4.69, 9.17) is 0 Å². The van der Waals surface area contributed by atoms with Crippen LogP contribution in [-0.4, -0.2) is 21.8 Å². The van der Waals surface area contributed by atoms with Crippen LogP contribution in [0.5, 0.6) is 0 Å². The van der Waals surface area contributed by atoms with Crippen LogP contribution >= 0.6 is 0 Å². The molecule has 2 N–H and O–H groups in total. The molecule has 3 heteroatoms. The SMILES string of the molecule is CCCC1CCC(CC2(O)CCCCC2)(C(=O)O)CC1. The second-order valence-electron chi connectivity index (χ2n) is 7.28. The van der Waals surface area contributed by atoms with Gasteiger partial charge in [-0.15, -0.1) is 0 Å². The van der Waals surface area contributed by atoms with Crippen LogP contribution in [0.4, 0.5) is 0 Å². The molecule has 0 bridgehead atoms. The zero-order valence-electron chi connectivity index (χ0n) is 12.9. The lowest BCUT2D eigenvalue weighted by molar-refractivity contribution is -0.158. The van der Waals surface area contributed by atoms with E-state index in [0.29, 0.717) is 12.3 Å². The largest absolute Gasteiger partial charge is 0.481 e. The standard InChI is InChI=1S/C17H30O3/c1-2-6-14-7-11-16(12-8-14,15(18)19)13-17(20)9-4-3-5-10-17/h14,20H,2-13H2,1H3,(H,18,19). The third-order valence-corrected chi connectivity index (χ3v) is 5.66. The summed E-state index contributed by atoms with van der Waals surface area (Å²) in [7, 11) is 0. The van der Waals surface area contributed by atoms with E-state index in [1.54, 1.807) is 0 Å². The molecule has 0 amide bonds. The third kappa shape index (κ3) is 3.55. The highest BCUT2D eigenvalue weighted by molar-refractivity contribution is 5.75. The maximum absolute atomic E-state index is 11.8. The molecule has 3 nitrogen and oxygen atoms in total. The first-order valence-electron chi connectivity index (χ1n) is 8.45. The predicted molar refractivity (Wildman–Crippen MR) is 79.6 cm³/mol. The van der Waals surface area contributed by atoms with Gasteiger partial charge in [-0.1, -0.05) is 39.0 Å². The molecule has 0 aromatic rings. The van der Waals surface area contributed by atoms with Crippen molar-refractivity contribution in [3.05, 3.63) is 0 Å². The Bertz CT molecular complexity index is 323. The summed E-state index contributed by atoms with van der Waals surface area (Å²) < 4.78 is 0. The normalized spacial score (nSPS) is 33.8. The Morgan fingerprint density at radius 2 is 1.70 bits per heavy atom. The fourth-order valence-corrected chi connectivity index (χ4v) is 4.41. The van der Waals surface area contributed by atoms with Crippen LogP contribution in [0.15, 0.2) is 0 Å². The first-order chi connectivity index (χ1) is 9.50. The van der Waals surface area contributed by atoms with Crippen LogP contribution < -0.4 is 0 Å². The average Bonchev–Trinajstić information content (AvgIpc) is 2.42. The highest BCUT2D eigenvalue weighted by Crippen LogP contribution is 2.48. The number of hydrogen-bond acceptors (Lipinski definition) is 2. The zero-order valence-corrected chi connectivity index (χ0v) is 12.9. The van der Waals surface area contributed by atoms with E-state index in [9.17, 15) is 15.0 Å². The molecule has 0 heterocycles. The van der Waals surface area contributed by atoms with E-state index in [1.807, 2.05) is 0 Å². The van der Waals surface area contributed by atoms with Gasteiger partial charge in [-0.05, 0) is 50.9 Å². The van der Waals surface area contributed by atoms with Gasteiger partial charge in [-0.3, -0.25) is 4.79 Å². The molecule has 2 aliphatic carbocycles. The van der Waals surface area contributed by atoms with Crippen molar-refractivity contribution in [3.8, 4) is 0 Å². The lowest BCUT2D eigenvalue weighted by Gasteiger charge is -2.43. The van der Waals surface area contributed by atoms with Gasteiger partial charge >= 0.3 is 5.97 Å². The van der Waals surface area contributed by atoms with Gasteiger partial charge < -0.3 is 10.2 Å². The number of aliphatic hydroxyl groups is 1. The van der Waals surface area contributed by atoms with Crippen molar-refractivity contribution in [1.82, 2.24) is 0 Å². The maximum atomic E-state index is 11.8. The summed E-state index contributed by atoms with van der Waals surface area (Å²) in [6.45, 7) is 2.20. The molecule has 0 aliphatic heterocycles. The molecule has 0 radical (unpaired) electrons. The van der Waals surface area contributed by atoms with Gasteiger partial charge in [0, 0.05) is 0 Å². The molecule has 20 heavy (non-hydrogen) atoms. The summed E-state index contributed by atoms with van der Waals surface area (Å²) in [6, 6.07) is 0. The van der Waals surface area contributed by atoms with Crippen molar-refractivity contribution in [1.29, 1.82) is 0 Å². The quantitative estimate of drug-likeness (QED) is 0.797. The summed E-state index contributed by atoms with van der Waals surface area (Å²) in [5.74, 6) is 0.0277.